The number of halogens is 1. The van der Waals surface area contributed by atoms with Gasteiger partial charge in [0.15, 0.2) is 0 Å². The molecule has 2 aromatic carbocycles. The number of hydrogen-bond acceptors (Lipinski definition) is 6. The molecule has 39 heavy (non-hydrogen) atoms. The highest BCUT2D eigenvalue weighted by atomic mass is 35.5. The van der Waals surface area contributed by atoms with Gasteiger partial charge < -0.3 is 25.2 Å². The highest BCUT2D eigenvalue weighted by Crippen LogP contribution is 2.43. The molecule has 3 N–H and O–H groups in total. The van der Waals surface area contributed by atoms with Crippen LogP contribution in [0.5, 0.6) is 0 Å². The fourth-order valence-corrected chi connectivity index (χ4v) is 5.50. The number of aryl methyl sites for hydroxylation is 1. The van der Waals surface area contributed by atoms with Crippen molar-refractivity contribution < 1.29 is 19.4 Å². The van der Waals surface area contributed by atoms with Crippen molar-refractivity contribution in [3.8, 4) is 11.1 Å². The largest absolute Gasteiger partial charge is 0.385 e. The van der Waals surface area contributed by atoms with Gasteiger partial charge in [-0.1, -0.05) is 54.9 Å². The third-order valence-corrected chi connectivity index (χ3v) is 7.74. The van der Waals surface area contributed by atoms with Crippen molar-refractivity contribution in [1.29, 1.82) is 0 Å². The molecule has 0 spiro atoms. The maximum absolute atomic E-state index is 13.4. The number of ether oxygens (including phenoxy) is 2. The maximum atomic E-state index is 13.4. The van der Waals surface area contributed by atoms with E-state index in [0.717, 1.165) is 29.7 Å². The van der Waals surface area contributed by atoms with Crippen LogP contribution in [0.1, 0.15) is 53.4 Å². The van der Waals surface area contributed by atoms with Gasteiger partial charge in [0.2, 0.25) is 0 Å². The topological polar surface area (TPSA) is 97.9 Å². The van der Waals surface area contributed by atoms with Crippen molar-refractivity contribution in [2.45, 2.75) is 50.9 Å². The highest BCUT2D eigenvalue weighted by molar-refractivity contribution is 6.33. The van der Waals surface area contributed by atoms with Gasteiger partial charge in [0.05, 0.1) is 24.4 Å². The number of hydrogen-bond donors (Lipinski definition) is 2. The van der Waals surface area contributed by atoms with E-state index in [4.69, 9.17) is 26.8 Å². The van der Waals surface area contributed by atoms with Crippen LogP contribution < -0.4 is 5.73 Å². The zero-order chi connectivity index (χ0) is 27.8. The number of benzene rings is 2. The minimum atomic E-state index is -1.39. The van der Waals surface area contributed by atoms with Gasteiger partial charge in [0.25, 0.3) is 5.91 Å². The first kappa shape index (κ1) is 29.2. The summed E-state index contributed by atoms with van der Waals surface area (Å²) in [5.41, 5.74) is 9.09. The number of morpholine rings is 1. The van der Waals surface area contributed by atoms with Crippen LogP contribution in [0.15, 0.2) is 60.8 Å². The number of carbonyl (C=O) groups excluding carboxylic acids is 1. The van der Waals surface area contributed by atoms with E-state index < -0.39 is 11.7 Å². The van der Waals surface area contributed by atoms with Gasteiger partial charge in [0.1, 0.15) is 11.7 Å². The van der Waals surface area contributed by atoms with E-state index in [1.165, 1.54) is 5.56 Å². The van der Waals surface area contributed by atoms with Crippen LogP contribution in [0.3, 0.4) is 0 Å². The van der Waals surface area contributed by atoms with Gasteiger partial charge in [0, 0.05) is 43.6 Å². The van der Waals surface area contributed by atoms with Crippen molar-refractivity contribution in [2.75, 3.05) is 33.4 Å². The Morgan fingerprint density at radius 2 is 2.05 bits per heavy atom. The van der Waals surface area contributed by atoms with Crippen LogP contribution in [-0.2, 0) is 28.0 Å². The Labute approximate surface area is 235 Å². The minimum absolute atomic E-state index is 0.150. The molecule has 3 aromatic rings. The van der Waals surface area contributed by atoms with E-state index in [2.05, 4.69) is 24.0 Å². The Hall–Kier alpha value is -2.81. The SMILES string of the molecule is CCc1cccc(-c2c(Cl)cccc2C(O)(CCCCOC)C2CN(C(=O)c3ccc(CN)nc3)CCO2)c1. The van der Waals surface area contributed by atoms with Gasteiger partial charge in [-0.15, -0.1) is 0 Å². The number of aliphatic hydroxyl groups is 1. The summed E-state index contributed by atoms with van der Waals surface area (Å²) in [5, 5.41) is 13.1. The van der Waals surface area contributed by atoms with Crippen molar-refractivity contribution in [3.05, 3.63) is 88.2 Å². The molecule has 8 heteroatoms. The molecular weight excluding hydrogens is 514 g/mol. The molecule has 1 aliphatic heterocycles. The Balaban J connectivity index is 1.71. The molecule has 7 nitrogen and oxygen atoms in total. The molecule has 208 valence electrons. The summed E-state index contributed by atoms with van der Waals surface area (Å²) < 4.78 is 11.5. The monoisotopic (exact) mass is 551 g/mol. The standard InChI is InChI=1S/C31H38ClN3O4/c1-3-22-8-6-9-23(18-22)29-26(10-7-11-27(29)32)31(37,14-4-5-16-38-2)28-21-35(15-17-39-28)30(36)24-12-13-25(19-33)34-20-24/h6-13,18,20,28,37H,3-5,14-17,19,21,33H2,1-2H3. The average Bonchev–Trinajstić information content (AvgIpc) is 2.98. The predicted molar refractivity (Wildman–Crippen MR) is 154 cm³/mol. The zero-order valence-corrected chi connectivity index (χ0v) is 23.5. The number of methoxy groups -OCH3 is 1. The fraction of sp³-hybridized carbons (Fsp3) is 0.419. The van der Waals surface area contributed by atoms with Crippen molar-refractivity contribution in [2.24, 2.45) is 5.73 Å². The molecule has 2 unspecified atom stereocenters. The van der Waals surface area contributed by atoms with Crippen molar-refractivity contribution in [3.63, 3.8) is 0 Å². The van der Waals surface area contributed by atoms with Gasteiger partial charge in [-0.2, -0.15) is 0 Å². The molecule has 1 aromatic heterocycles. The second-order valence-corrected chi connectivity index (χ2v) is 10.4. The van der Waals surface area contributed by atoms with E-state index in [-0.39, 0.29) is 12.5 Å². The fourth-order valence-electron chi connectivity index (χ4n) is 5.21. The molecule has 0 radical (unpaired) electrons. The molecule has 0 saturated carbocycles. The van der Waals surface area contributed by atoms with Crippen LogP contribution in [0.4, 0.5) is 0 Å². The molecule has 2 heterocycles. The third kappa shape index (κ3) is 6.68. The van der Waals surface area contributed by atoms with Crippen LogP contribution in [0.2, 0.25) is 5.02 Å². The van der Waals surface area contributed by atoms with E-state index in [9.17, 15) is 9.90 Å². The lowest BCUT2D eigenvalue weighted by Crippen LogP contribution is -2.54. The smallest absolute Gasteiger partial charge is 0.255 e. The Kier molecular flexibility index (Phi) is 10.1. The maximum Gasteiger partial charge on any atom is 0.255 e. The number of pyridine rings is 1. The summed E-state index contributed by atoms with van der Waals surface area (Å²) in [7, 11) is 1.67. The summed E-state index contributed by atoms with van der Waals surface area (Å²) in [6, 6.07) is 17.4. The van der Waals surface area contributed by atoms with Gasteiger partial charge in [-0.25, -0.2) is 0 Å². The van der Waals surface area contributed by atoms with Crippen LogP contribution in [0, 0.1) is 0 Å². The molecular formula is C31H38ClN3O4. The molecule has 0 bridgehead atoms. The summed E-state index contributed by atoms with van der Waals surface area (Å²) in [4.78, 5) is 19.4. The first-order valence-corrected chi connectivity index (χ1v) is 13.9. The molecule has 4 rings (SSSR count). The number of aromatic nitrogens is 1. The highest BCUT2D eigenvalue weighted by Gasteiger charge is 2.44. The lowest BCUT2D eigenvalue weighted by molar-refractivity contribution is -0.146. The second kappa shape index (κ2) is 13.5. The lowest BCUT2D eigenvalue weighted by atomic mass is 9.78. The predicted octanol–water partition coefficient (Wildman–Crippen LogP) is 4.97. The summed E-state index contributed by atoms with van der Waals surface area (Å²) in [6.45, 7) is 3.99. The van der Waals surface area contributed by atoms with Gasteiger partial charge in [-0.05, 0) is 60.6 Å². The summed E-state index contributed by atoms with van der Waals surface area (Å²) in [5.74, 6) is -0.150. The molecule has 1 fully saturated rings. The first-order chi connectivity index (χ1) is 18.9. The molecule has 1 saturated heterocycles. The van der Waals surface area contributed by atoms with E-state index >= 15 is 0 Å². The van der Waals surface area contributed by atoms with Crippen molar-refractivity contribution >= 4 is 17.5 Å². The number of nitrogens with two attached hydrogens (primary N) is 1. The van der Waals surface area contributed by atoms with E-state index in [0.29, 0.717) is 55.3 Å². The second-order valence-electron chi connectivity index (χ2n) is 9.94. The van der Waals surface area contributed by atoms with Crippen LogP contribution in [-0.4, -0.2) is 60.4 Å². The third-order valence-electron chi connectivity index (χ3n) is 7.43. The summed E-state index contributed by atoms with van der Waals surface area (Å²) >= 11 is 6.82. The number of amides is 1. The number of rotatable bonds is 11. The van der Waals surface area contributed by atoms with Crippen LogP contribution >= 0.6 is 11.6 Å². The van der Waals surface area contributed by atoms with E-state index in [1.54, 1.807) is 30.3 Å². The number of carbonyl (C=O) groups is 1. The van der Waals surface area contributed by atoms with Gasteiger partial charge in [-0.3, -0.25) is 9.78 Å². The normalized spacial score (nSPS) is 17.2. The van der Waals surface area contributed by atoms with E-state index in [1.807, 2.05) is 30.3 Å². The average molecular weight is 552 g/mol. The Bertz CT molecular complexity index is 1250. The summed E-state index contributed by atoms with van der Waals surface area (Å²) in [6.07, 6.45) is 3.72. The molecule has 0 aliphatic carbocycles. The molecule has 1 aliphatic rings. The first-order valence-electron chi connectivity index (χ1n) is 13.6. The Morgan fingerprint density at radius 1 is 1.23 bits per heavy atom. The molecule has 2 atom stereocenters. The number of nitrogens with zero attached hydrogens (tertiary/aromatic N) is 2. The van der Waals surface area contributed by atoms with Crippen molar-refractivity contribution in [1.82, 2.24) is 9.88 Å². The minimum Gasteiger partial charge on any atom is -0.385 e. The lowest BCUT2D eigenvalue weighted by Gasteiger charge is -2.43. The zero-order valence-electron chi connectivity index (χ0n) is 22.7. The number of unbranched alkanes of at least 4 members (excludes halogenated alkanes) is 1. The van der Waals surface area contributed by atoms with Gasteiger partial charge >= 0.3 is 0 Å². The van der Waals surface area contributed by atoms with Crippen LogP contribution in [0.25, 0.3) is 11.1 Å². The quantitative estimate of drug-likeness (QED) is 0.327. The molecule has 1 amide bonds. The Morgan fingerprint density at radius 3 is 2.77 bits per heavy atom.